The van der Waals surface area contributed by atoms with E-state index in [1.807, 2.05) is 38.1 Å². The lowest BCUT2D eigenvalue weighted by Gasteiger charge is -2.38. The molecule has 0 fully saturated rings. The molecule has 0 aliphatic heterocycles. The van der Waals surface area contributed by atoms with Gasteiger partial charge in [0.05, 0.1) is 12.5 Å². The molecule has 2 rings (SSSR count). The number of esters is 1. The first kappa shape index (κ1) is 14.6. The van der Waals surface area contributed by atoms with Crippen LogP contribution < -0.4 is 0 Å². The topological polar surface area (TPSA) is 26.3 Å². The van der Waals surface area contributed by atoms with Gasteiger partial charge in [-0.3, -0.25) is 4.79 Å². The molecular weight excluding hydrogens is 248 g/mol. The number of carbonyl (C=O) groups excluding carboxylic acids is 1. The first-order chi connectivity index (χ1) is 9.48. The first-order valence-corrected chi connectivity index (χ1v) is 7.09. The van der Waals surface area contributed by atoms with Crippen LogP contribution in [0.3, 0.4) is 0 Å². The standard InChI is InChI=1S/C18H22O2/c1-5-20-17(19)16-13(2)11-12-15(18(16,3)4)14-9-7-6-8-10-14/h6-12,16H,5H2,1-4H3. The Morgan fingerprint density at radius 2 is 1.85 bits per heavy atom. The minimum Gasteiger partial charge on any atom is -0.466 e. The summed E-state index contributed by atoms with van der Waals surface area (Å²) in [6.07, 6.45) is 4.16. The molecule has 1 aliphatic carbocycles. The predicted octanol–water partition coefficient (Wildman–Crippen LogP) is 4.24. The number of ether oxygens (including phenoxy) is 1. The van der Waals surface area contributed by atoms with E-state index in [2.05, 4.69) is 32.1 Å². The molecule has 0 radical (unpaired) electrons. The van der Waals surface area contributed by atoms with Crippen molar-refractivity contribution >= 4 is 11.5 Å². The molecule has 0 saturated heterocycles. The highest BCUT2D eigenvalue weighted by Crippen LogP contribution is 2.47. The van der Waals surface area contributed by atoms with Crippen molar-refractivity contribution in [3.05, 3.63) is 53.6 Å². The van der Waals surface area contributed by atoms with Crippen molar-refractivity contribution in [3.63, 3.8) is 0 Å². The molecule has 0 aromatic heterocycles. The van der Waals surface area contributed by atoms with Crippen molar-refractivity contribution in [1.29, 1.82) is 0 Å². The Morgan fingerprint density at radius 3 is 2.45 bits per heavy atom. The van der Waals surface area contributed by atoms with Gasteiger partial charge in [-0.15, -0.1) is 0 Å². The number of rotatable bonds is 3. The smallest absolute Gasteiger partial charge is 0.313 e. The summed E-state index contributed by atoms with van der Waals surface area (Å²) in [4.78, 5) is 12.3. The molecule has 0 bridgehead atoms. The summed E-state index contributed by atoms with van der Waals surface area (Å²) in [7, 11) is 0. The highest BCUT2D eigenvalue weighted by molar-refractivity contribution is 5.85. The first-order valence-electron chi connectivity index (χ1n) is 7.09. The third-order valence-corrected chi connectivity index (χ3v) is 3.99. The summed E-state index contributed by atoms with van der Waals surface area (Å²) in [5.74, 6) is -0.351. The van der Waals surface area contributed by atoms with Gasteiger partial charge in [0, 0.05) is 5.41 Å². The van der Waals surface area contributed by atoms with Crippen molar-refractivity contribution < 1.29 is 9.53 Å². The van der Waals surface area contributed by atoms with Gasteiger partial charge in [0.25, 0.3) is 0 Å². The Labute approximate surface area is 121 Å². The molecular formula is C18H22O2. The van der Waals surface area contributed by atoms with Crippen molar-refractivity contribution in [2.24, 2.45) is 11.3 Å². The number of benzene rings is 1. The minimum absolute atomic E-state index is 0.132. The zero-order valence-corrected chi connectivity index (χ0v) is 12.6. The van der Waals surface area contributed by atoms with Gasteiger partial charge in [0.2, 0.25) is 0 Å². The maximum atomic E-state index is 12.3. The Kier molecular flexibility index (Phi) is 4.12. The van der Waals surface area contributed by atoms with Crippen molar-refractivity contribution in [3.8, 4) is 0 Å². The fourth-order valence-electron chi connectivity index (χ4n) is 3.04. The molecule has 1 aromatic rings. The van der Waals surface area contributed by atoms with Crippen molar-refractivity contribution in [2.45, 2.75) is 27.7 Å². The van der Waals surface area contributed by atoms with E-state index in [4.69, 9.17) is 4.74 Å². The van der Waals surface area contributed by atoms with Gasteiger partial charge in [-0.05, 0) is 25.0 Å². The quantitative estimate of drug-likeness (QED) is 0.768. The zero-order valence-electron chi connectivity index (χ0n) is 12.6. The van der Waals surface area contributed by atoms with Crippen LogP contribution in [-0.4, -0.2) is 12.6 Å². The summed E-state index contributed by atoms with van der Waals surface area (Å²) < 4.78 is 5.26. The van der Waals surface area contributed by atoms with Crippen molar-refractivity contribution in [1.82, 2.24) is 0 Å². The van der Waals surface area contributed by atoms with E-state index >= 15 is 0 Å². The van der Waals surface area contributed by atoms with Crippen LogP contribution >= 0.6 is 0 Å². The van der Waals surface area contributed by atoms with Gasteiger partial charge in [-0.25, -0.2) is 0 Å². The van der Waals surface area contributed by atoms with Gasteiger partial charge >= 0.3 is 5.97 Å². The predicted molar refractivity (Wildman–Crippen MR) is 82.1 cm³/mol. The van der Waals surface area contributed by atoms with Crippen molar-refractivity contribution in [2.75, 3.05) is 6.61 Å². The number of carbonyl (C=O) groups is 1. The summed E-state index contributed by atoms with van der Waals surface area (Å²) in [5, 5.41) is 0. The summed E-state index contributed by atoms with van der Waals surface area (Å²) in [5.41, 5.74) is 3.14. The maximum absolute atomic E-state index is 12.3. The average Bonchev–Trinajstić information content (AvgIpc) is 2.39. The molecule has 1 unspecified atom stereocenters. The lowest BCUT2D eigenvalue weighted by atomic mass is 9.65. The van der Waals surface area contributed by atoms with Crippen LogP contribution in [0, 0.1) is 11.3 Å². The van der Waals surface area contributed by atoms with E-state index < -0.39 is 0 Å². The van der Waals surface area contributed by atoms with E-state index in [1.165, 1.54) is 5.57 Å². The molecule has 2 heteroatoms. The summed E-state index contributed by atoms with van der Waals surface area (Å²) in [6, 6.07) is 10.2. The van der Waals surface area contributed by atoms with Crippen LogP contribution in [0.4, 0.5) is 0 Å². The van der Waals surface area contributed by atoms with Gasteiger partial charge in [-0.2, -0.15) is 0 Å². The molecule has 1 aromatic carbocycles. The fourth-order valence-corrected chi connectivity index (χ4v) is 3.04. The van der Waals surface area contributed by atoms with E-state index in [-0.39, 0.29) is 17.3 Å². The average molecular weight is 270 g/mol. The highest BCUT2D eigenvalue weighted by atomic mass is 16.5. The Hall–Kier alpha value is -1.83. The maximum Gasteiger partial charge on any atom is 0.313 e. The zero-order chi connectivity index (χ0) is 14.8. The second kappa shape index (κ2) is 5.66. The summed E-state index contributed by atoms with van der Waals surface area (Å²) >= 11 is 0. The molecule has 1 atom stereocenters. The number of hydrogen-bond acceptors (Lipinski definition) is 2. The van der Waals surface area contributed by atoms with E-state index in [0.29, 0.717) is 6.61 Å². The Balaban J connectivity index is 2.44. The largest absolute Gasteiger partial charge is 0.466 e. The molecule has 0 amide bonds. The van der Waals surface area contributed by atoms with E-state index in [1.54, 1.807) is 0 Å². The fraction of sp³-hybridized carbons (Fsp3) is 0.389. The normalized spacial score (nSPS) is 20.9. The Bertz CT molecular complexity index is 550. The van der Waals surface area contributed by atoms with Gasteiger partial charge < -0.3 is 4.74 Å². The molecule has 1 aliphatic rings. The molecule has 0 N–H and O–H groups in total. The van der Waals surface area contributed by atoms with Crippen LogP contribution in [-0.2, 0) is 9.53 Å². The second-order valence-electron chi connectivity index (χ2n) is 5.76. The lowest BCUT2D eigenvalue weighted by molar-refractivity contribution is -0.149. The minimum atomic E-state index is -0.271. The molecule has 20 heavy (non-hydrogen) atoms. The third kappa shape index (κ3) is 2.55. The van der Waals surface area contributed by atoms with Crippen LogP contribution in [0.1, 0.15) is 33.3 Å². The third-order valence-electron chi connectivity index (χ3n) is 3.99. The van der Waals surface area contributed by atoms with Gasteiger partial charge in [0.15, 0.2) is 0 Å². The Morgan fingerprint density at radius 1 is 1.20 bits per heavy atom. The summed E-state index contributed by atoms with van der Waals surface area (Å²) in [6.45, 7) is 8.50. The molecule has 106 valence electrons. The van der Waals surface area contributed by atoms with Crippen LogP contribution in [0.5, 0.6) is 0 Å². The molecule has 0 spiro atoms. The lowest BCUT2D eigenvalue weighted by Crippen LogP contribution is -2.36. The van der Waals surface area contributed by atoms with Crippen LogP contribution in [0.25, 0.3) is 5.57 Å². The highest BCUT2D eigenvalue weighted by Gasteiger charge is 2.42. The monoisotopic (exact) mass is 270 g/mol. The van der Waals surface area contributed by atoms with Gasteiger partial charge in [-0.1, -0.05) is 61.9 Å². The van der Waals surface area contributed by atoms with Crippen LogP contribution in [0.2, 0.25) is 0 Å². The van der Waals surface area contributed by atoms with Crippen LogP contribution in [0.15, 0.2) is 48.1 Å². The number of allylic oxidation sites excluding steroid dienone is 3. The second-order valence-corrected chi connectivity index (χ2v) is 5.76. The molecule has 0 heterocycles. The van der Waals surface area contributed by atoms with E-state index in [0.717, 1.165) is 11.1 Å². The number of hydrogen-bond donors (Lipinski definition) is 0. The SMILES string of the molecule is CCOC(=O)C1C(C)=CC=C(c2ccccc2)C1(C)C. The van der Waals surface area contributed by atoms with E-state index in [9.17, 15) is 4.79 Å². The molecule has 2 nitrogen and oxygen atoms in total. The molecule has 0 saturated carbocycles. The van der Waals surface area contributed by atoms with Gasteiger partial charge in [0.1, 0.15) is 0 Å².